The van der Waals surface area contributed by atoms with E-state index in [1.807, 2.05) is 0 Å². The lowest BCUT2D eigenvalue weighted by atomic mass is 9.92. The zero-order valence-corrected chi connectivity index (χ0v) is 20.2. The number of phenolic OH excluding ortho intramolecular Hbond substituents is 3. The van der Waals surface area contributed by atoms with Gasteiger partial charge in [0.05, 0.1) is 11.5 Å². The van der Waals surface area contributed by atoms with E-state index in [0.717, 1.165) is 12.1 Å². The van der Waals surface area contributed by atoms with Crippen LogP contribution in [-0.4, -0.2) is 79.6 Å². The Bertz CT molecular complexity index is 1270. The molecule has 5 atom stereocenters. The van der Waals surface area contributed by atoms with Crippen molar-refractivity contribution in [3.05, 3.63) is 47.5 Å². The van der Waals surface area contributed by atoms with Crippen LogP contribution in [0.1, 0.15) is 17.2 Å². The summed E-state index contributed by atoms with van der Waals surface area (Å²) >= 11 is 0.592. The van der Waals surface area contributed by atoms with E-state index in [2.05, 4.69) is 4.18 Å². The van der Waals surface area contributed by atoms with Crippen LogP contribution in [0.5, 0.6) is 23.0 Å². The molecule has 0 aromatic heterocycles. The number of nitrogen functional groups attached to an aromatic ring is 1. The van der Waals surface area contributed by atoms with E-state index in [9.17, 15) is 43.9 Å². The number of aromatic hydroxyl groups is 3. The van der Waals surface area contributed by atoms with E-state index in [4.69, 9.17) is 19.8 Å². The van der Waals surface area contributed by atoms with Crippen molar-refractivity contribution in [2.45, 2.75) is 29.9 Å². The number of phenols is 3. The molecule has 3 unspecified atom stereocenters. The second-order valence-electron chi connectivity index (χ2n) is 7.58. The van der Waals surface area contributed by atoms with Crippen LogP contribution in [0.15, 0.2) is 36.4 Å². The van der Waals surface area contributed by atoms with Crippen LogP contribution in [0.4, 0.5) is 5.69 Å². The van der Waals surface area contributed by atoms with Gasteiger partial charge in [0.2, 0.25) is 0 Å². The van der Waals surface area contributed by atoms with Crippen molar-refractivity contribution >= 4 is 39.9 Å². The lowest BCUT2D eigenvalue weighted by Crippen LogP contribution is -2.54. The van der Waals surface area contributed by atoms with Gasteiger partial charge in [0.15, 0.2) is 11.5 Å². The summed E-state index contributed by atoms with van der Waals surface area (Å²) in [5.41, 5.74) is 3.77. The number of rotatable bonds is 9. The first-order valence-corrected chi connectivity index (χ1v) is 12.7. The Kier molecular flexibility index (Phi) is 8.88. The van der Waals surface area contributed by atoms with E-state index < -0.39 is 68.9 Å². The van der Waals surface area contributed by atoms with Crippen molar-refractivity contribution in [3.63, 3.8) is 0 Å². The molecule has 37 heavy (non-hydrogen) atoms. The molecule has 2 aromatic carbocycles. The Labute approximate surface area is 214 Å². The van der Waals surface area contributed by atoms with E-state index in [1.54, 1.807) is 0 Å². The smallest absolute Gasteiger partial charge is 0.397 e. The Morgan fingerprint density at radius 3 is 2.35 bits per heavy atom. The third kappa shape index (κ3) is 6.43. The molecule has 3 rings (SSSR count). The highest BCUT2D eigenvalue weighted by molar-refractivity contribution is 7.99. The van der Waals surface area contributed by atoms with E-state index >= 15 is 0 Å². The molecule has 16 heteroatoms. The Hall–Kier alpha value is -3.09. The Morgan fingerprint density at radius 2 is 1.78 bits per heavy atom. The molecule has 1 aliphatic heterocycles. The molecule has 0 aliphatic carbocycles. The van der Waals surface area contributed by atoms with Crippen molar-refractivity contribution in [3.8, 4) is 23.0 Å². The maximum atomic E-state index is 11.4. The number of aldehydes is 1. The average Bonchev–Trinajstić information content (AvgIpc) is 2.82. The number of carbonyl (C=O) groups excluding carboxylic acids is 1. The first-order valence-electron chi connectivity index (χ1n) is 10.2. The molecule has 0 radical (unpaired) electrons. The maximum absolute atomic E-state index is 11.4. The lowest BCUT2D eigenvalue weighted by molar-refractivity contribution is -0.193. The minimum Gasteiger partial charge on any atom is -0.508 e. The van der Waals surface area contributed by atoms with Gasteiger partial charge in [-0.15, -0.1) is 0 Å². The van der Waals surface area contributed by atoms with E-state index in [1.165, 1.54) is 24.3 Å². The average molecular weight is 562 g/mol. The number of hydrogen-bond acceptors (Lipinski definition) is 14. The zero-order valence-electron chi connectivity index (χ0n) is 18.6. The van der Waals surface area contributed by atoms with Gasteiger partial charge in [0.25, 0.3) is 0 Å². The molecule has 0 spiro atoms. The normalized spacial score (nSPS) is 24.5. The summed E-state index contributed by atoms with van der Waals surface area (Å²) in [6, 6.07) is 6.34. The molecular weight excluding hydrogens is 538 g/mol. The van der Waals surface area contributed by atoms with Gasteiger partial charge in [-0.25, -0.2) is 4.18 Å². The van der Waals surface area contributed by atoms with Crippen molar-refractivity contribution in [2.75, 3.05) is 11.7 Å². The number of aliphatic hydroxyl groups excluding tert-OH is 3. The quantitative estimate of drug-likeness (QED) is 0.0293. The first kappa shape index (κ1) is 28.5. The number of hydrogen-bond donors (Lipinski definition) is 8. The molecular formula is C21H23NO13S2. The molecule has 9 N–H and O–H groups in total. The van der Waals surface area contributed by atoms with Gasteiger partial charge in [0.1, 0.15) is 59.1 Å². The van der Waals surface area contributed by atoms with Gasteiger partial charge in [-0.2, -0.15) is 8.42 Å². The SMILES string of the molecule is Nc1c(O/C(=C\C=O)c2ccc(O)cc2)cc(O)c([C@@H]2OC(SCO)[C@@H](O)C(O)C2OS(=O)(=O)O)c1O. The summed E-state index contributed by atoms with van der Waals surface area (Å²) in [6.07, 6.45) is -6.38. The van der Waals surface area contributed by atoms with Crippen LogP contribution in [0.2, 0.25) is 0 Å². The predicted octanol–water partition coefficient (Wildman–Crippen LogP) is -0.00540. The second-order valence-corrected chi connectivity index (χ2v) is 9.68. The van der Waals surface area contributed by atoms with E-state index in [0.29, 0.717) is 23.6 Å². The summed E-state index contributed by atoms with van der Waals surface area (Å²) in [7, 11) is -5.24. The molecule has 1 aliphatic rings. The third-order valence-corrected chi connectivity index (χ3v) is 6.54. The largest absolute Gasteiger partial charge is 0.508 e. The highest BCUT2D eigenvalue weighted by Gasteiger charge is 2.49. The minimum atomic E-state index is -5.24. The zero-order chi connectivity index (χ0) is 27.5. The molecule has 202 valence electrons. The summed E-state index contributed by atoms with van der Waals surface area (Å²) in [5.74, 6) is -2.81. The number of aliphatic hydroxyl groups is 3. The fourth-order valence-electron chi connectivity index (χ4n) is 3.55. The molecule has 1 saturated heterocycles. The highest BCUT2D eigenvalue weighted by Crippen LogP contribution is 2.49. The monoisotopic (exact) mass is 561 g/mol. The fourth-order valence-corrected chi connectivity index (χ4v) is 4.75. The van der Waals surface area contributed by atoms with Crippen molar-refractivity contribution in [2.24, 2.45) is 0 Å². The van der Waals surface area contributed by atoms with Crippen LogP contribution in [-0.2, 0) is 24.1 Å². The van der Waals surface area contributed by atoms with Gasteiger partial charge in [-0.1, -0.05) is 11.8 Å². The van der Waals surface area contributed by atoms with Crippen molar-refractivity contribution in [1.82, 2.24) is 0 Å². The van der Waals surface area contributed by atoms with Gasteiger partial charge in [0, 0.05) is 17.7 Å². The third-order valence-electron chi connectivity index (χ3n) is 5.21. The summed E-state index contributed by atoms with van der Waals surface area (Å²) < 4.78 is 47.5. The number of nitrogens with two attached hydrogens (primary N) is 1. The standard InChI is InChI=1S/C21H23NO13S2/c22-15-13(33-12(5-6-23)9-1-3-10(25)4-2-9)7-11(26)14(16(15)27)19-20(35-37(30,31)32)17(28)18(29)21(34-19)36-8-24/h1-7,17-21,24-29H,8,22H2,(H,30,31,32)/b12-5-/t17?,18-,19-,20?,21?/m0/s1. The minimum absolute atomic E-state index is 0.0625. The molecule has 0 amide bonds. The fraction of sp³-hybridized carbons (Fsp3) is 0.286. The number of thioether (sulfide) groups is 1. The van der Waals surface area contributed by atoms with E-state index in [-0.39, 0.29) is 17.3 Å². The first-order chi connectivity index (χ1) is 17.4. The molecule has 14 nitrogen and oxygen atoms in total. The van der Waals surface area contributed by atoms with Crippen LogP contribution in [0.25, 0.3) is 5.76 Å². The van der Waals surface area contributed by atoms with Crippen molar-refractivity contribution < 1.29 is 62.1 Å². The van der Waals surface area contributed by atoms with Gasteiger partial charge < -0.3 is 45.8 Å². The molecule has 0 bridgehead atoms. The number of allylic oxidation sites excluding steroid dienone is 1. The topological polar surface area (TPSA) is 247 Å². The van der Waals surface area contributed by atoms with Crippen LogP contribution in [0, 0.1) is 0 Å². The Morgan fingerprint density at radius 1 is 1.14 bits per heavy atom. The van der Waals surface area contributed by atoms with Gasteiger partial charge in [-0.05, 0) is 24.3 Å². The van der Waals surface area contributed by atoms with Crippen LogP contribution >= 0.6 is 11.8 Å². The maximum Gasteiger partial charge on any atom is 0.397 e. The number of ether oxygens (including phenoxy) is 2. The molecule has 1 fully saturated rings. The summed E-state index contributed by atoms with van der Waals surface area (Å²) in [6.45, 7) is 0. The highest BCUT2D eigenvalue weighted by atomic mass is 32.3. The van der Waals surface area contributed by atoms with Crippen LogP contribution in [0.3, 0.4) is 0 Å². The van der Waals surface area contributed by atoms with Gasteiger partial charge >= 0.3 is 10.4 Å². The number of benzene rings is 2. The Balaban J connectivity index is 2.07. The van der Waals surface area contributed by atoms with Gasteiger partial charge in [-0.3, -0.25) is 9.35 Å². The van der Waals surface area contributed by atoms with Crippen molar-refractivity contribution in [1.29, 1.82) is 0 Å². The summed E-state index contributed by atoms with van der Waals surface area (Å²) in [4.78, 5) is 11.1. The lowest BCUT2D eigenvalue weighted by Gasteiger charge is -2.41. The van der Waals surface area contributed by atoms with Crippen LogP contribution < -0.4 is 10.5 Å². The number of anilines is 1. The number of carbonyl (C=O) groups is 1. The summed E-state index contributed by atoms with van der Waals surface area (Å²) in [5, 5.41) is 60.9. The molecule has 2 aromatic rings. The molecule has 0 saturated carbocycles. The second kappa shape index (κ2) is 11.5. The predicted molar refractivity (Wildman–Crippen MR) is 128 cm³/mol. The molecule has 1 heterocycles.